The zero-order chi connectivity index (χ0) is 19.6. The summed E-state index contributed by atoms with van der Waals surface area (Å²) in [5.41, 5.74) is 3.52. The van der Waals surface area contributed by atoms with Gasteiger partial charge in [-0.1, -0.05) is 41.4 Å². The number of benzene rings is 2. The molecular weight excluding hydrogens is 396 g/mol. The molecule has 0 radical (unpaired) electrons. The van der Waals surface area contributed by atoms with Crippen LogP contribution >= 0.6 is 11.6 Å². The molecule has 0 saturated heterocycles. The Balaban J connectivity index is 1.72. The Morgan fingerprint density at radius 3 is 2.64 bits per heavy atom. The van der Waals surface area contributed by atoms with Crippen LogP contribution in [-0.4, -0.2) is 29.5 Å². The first-order chi connectivity index (χ1) is 13.4. The van der Waals surface area contributed by atoms with Gasteiger partial charge in [-0.15, -0.1) is 0 Å². The fourth-order valence-corrected chi connectivity index (χ4v) is 6.21. The third kappa shape index (κ3) is 2.42. The summed E-state index contributed by atoms with van der Waals surface area (Å²) in [5.74, 6) is -0.209. The number of ketones is 1. The minimum absolute atomic E-state index is 0.189. The monoisotopic (exact) mass is 412 g/mol. The molecule has 0 saturated carbocycles. The van der Waals surface area contributed by atoms with Crippen LogP contribution in [0.1, 0.15) is 22.9 Å². The Kier molecular flexibility index (Phi) is 3.81. The van der Waals surface area contributed by atoms with Crippen LogP contribution in [0.15, 0.2) is 59.5 Å². The predicted molar refractivity (Wildman–Crippen MR) is 108 cm³/mol. The van der Waals surface area contributed by atoms with Gasteiger partial charge in [0.15, 0.2) is 5.78 Å². The molecule has 0 amide bonds. The summed E-state index contributed by atoms with van der Waals surface area (Å²) >= 11 is 6.41. The lowest BCUT2D eigenvalue weighted by Gasteiger charge is -2.40. The molecule has 142 valence electrons. The van der Waals surface area contributed by atoms with Crippen LogP contribution in [0.3, 0.4) is 0 Å². The van der Waals surface area contributed by atoms with E-state index in [1.54, 1.807) is 36.4 Å². The Labute approximate surface area is 167 Å². The normalized spacial score (nSPS) is 21.9. The summed E-state index contributed by atoms with van der Waals surface area (Å²) in [4.78, 5) is 16.2. The quantitative estimate of drug-likeness (QED) is 0.693. The minimum atomic E-state index is -3.85. The maximum Gasteiger partial charge on any atom is 0.244 e. The van der Waals surface area contributed by atoms with Gasteiger partial charge < -0.3 is 4.98 Å². The Hall–Kier alpha value is -2.41. The maximum absolute atomic E-state index is 13.4. The number of halogens is 1. The fraction of sp³-hybridized carbons (Fsp3) is 0.190. The SMILES string of the molecule is Cc1ccc(S(=O)(=O)N2C3Cc4c([nH]c5cccc(Cl)c45)C2C=CC3=O)cc1. The van der Waals surface area contributed by atoms with Crippen LogP contribution in [0.25, 0.3) is 10.9 Å². The highest BCUT2D eigenvalue weighted by molar-refractivity contribution is 7.89. The highest BCUT2D eigenvalue weighted by atomic mass is 35.5. The van der Waals surface area contributed by atoms with Crippen LogP contribution in [-0.2, 0) is 21.2 Å². The number of nitrogens with one attached hydrogen (secondary N) is 1. The van der Waals surface area contributed by atoms with E-state index in [0.29, 0.717) is 11.4 Å². The molecule has 5 nitrogen and oxygen atoms in total. The van der Waals surface area contributed by atoms with E-state index in [-0.39, 0.29) is 10.7 Å². The Morgan fingerprint density at radius 1 is 1.14 bits per heavy atom. The van der Waals surface area contributed by atoms with E-state index in [9.17, 15) is 13.2 Å². The van der Waals surface area contributed by atoms with Crippen molar-refractivity contribution >= 4 is 38.3 Å². The first-order valence-corrected chi connectivity index (χ1v) is 10.8. The van der Waals surface area contributed by atoms with Crippen molar-refractivity contribution in [3.05, 3.63) is 76.5 Å². The van der Waals surface area contributed by atoms with E-state index >= 15 is 0 Å². The molecule has 3 aromatic rings. The molecule has 1 aromatic heterocycles. The van der Waals surface area contributed by atoms with Crippen molar-refractivity contribution in [1.82, 2.24) is 9.29 Å². The van der Waals surface area contributed by atoms with E-state index in [4.69, 9.17) is 11.6 Å². The van der Waals surface area contributed by atoms with Crippen LogP contribution in [0.5, 0.6) is 0 Å². The molecule has 2 unspecified atom stereocenters. The number of hydrogen-bond donors (Lipinski definition) is 1. The molecule has 1 N–H and O–H groups in total. The van der Waals surface area contributed by atoms with Gasteiger partial charge in [0.2, 0.25) is 10.0 Å². The van der Waals surface area contributed by atoms with E-state index in [1.165, 1.54) is 10.4 Å². The van der Waals surface area contributed by atoms with E-state index in [1.807, 2.05) is 19.1 Å². The van der Waals surface area contributed by atoms with E-state index < -0.39 is 22.1 Å². The van der Waals surface area contributed by atoms with Gasteiger partial charge in [0.25, 0.3) is 0 Å². The molecule has 28 heavy (non-hydrogen) atoms. The van der Waals surface area contributed by atoms with Crippen LogP contribution in [0.2, 0.25) is 5.02 Å². The number of aromatic nitrogens is 1. The van der Waals surface area contributed by atoms with Crippen molar-refractivity contribution < 1.29 is 13.2 Å². The molecule has 0 spiro atoms. The van der Waals surface area contributed by atoms with Gasteiger partial charge in [-0.25, -0.2) is 8.42 Å². The second kappa shape index (κ2) is 6.04. The summed E-state index contributed by atoms with van der Waals surface area (Å²) in [6, 6.07) is 10.9. The zero-order valence-corrected chi connectivity index (χ0v) is 16.6. The summed E-state index contributed by atoms with van der Waals surface area (Å²) in [6.07, 6.45) is 3.45. The van der Waals surface area contributed by atoms with Crippen molar-refractivity contribution in [3.63, 3.8) is 0 Å². The van der Waals surface area contributed by atoms with Gasteiger partial charge in [0.05, 0.1) is 22.0 Å². The van der Waals surface area contributed by atoms with Crippen LogP contribution in [0, 0.1) is 6.92 Å². The van der Waals surface area contributed by atoms with Gasteiger partial charge >= 0.3 is 0 Å². The topological polar surface area (TPSA) is 70.2 Å². The lowest BCUT2D eigenvalue weighted by Crippen LogP contribution is -2.52. The van der Waals surface area contributed by atoms with Crippen molar-refractivity contribution in [2.45, 2.75) is 30.3 Å². The van der Waals surface area contributed by atoms with Gasteiger partial charge in [0, 0.05) is 16.6 Å². The van der Waals surface area contributed by atoms with E-state index in [2.05, 4.69) is 4.98 Å². The Bertz CT molecular complexity index is 1260. The van der Waals surface area contributed by atoms with Crippen LogP contribution < -0.4 is 0 Å². The fourth-order valence-electron chi connectivity index (χ4n) is 4.21. The van der Waals surface area contributed by atoms with Gasteiger partial charge in [-0.05, 0) is 49.2 Å². The highest BCUT2D eigenvalue weighted by Gasteiger charge is 2.47. The van der Waals surface area contributed by atoms with Crippen molar-refractivity contribution in [2.24, 2.45) is 0 Å². The second-order valence-electron chi connectivity index (χ2n) is 7.25. The number of sulfonamides is 1. The number of fused-ring (bicyclic) bond motifs is 6. The molecule has 3 heterocycles. The number of H-pyrrole nitrogens is 1. The van der Waals surface area contributed by atoms with Crippen molar-refractivity contribution in [3.8, 4) is 0 Å². The predicted octanol–water partition coefficient (Wildman–Crippen LogP) is 3.93. The average Bonchev–Trinajstić information content (AvgIpc) is 3.04. The summed E-state index contributed by atoms with van der Waals surface area (Å²) < 4.78 is 28.2. The number of nitrogens with zero attached hydrogens (tertiary/aromatic N) is 1. The molecular formula is C21H17ClN2O3S. The molecule has 0 fully saturated rings. The molecule has 2 aromatic carbocycles. The molecule has 5 rings (SSSR count). The van der Waals surface area contributed by atoms with Gasteiger partial charge in [-0.3, -0.25) is 4.79 Å². The highest BCUT2D eigenvalue weighted by Crippen LogP contribution is 2.44. The number of carbonyl (C=O) groups is 1. The molecule has 7 heteroatoms. The molecule has 2 atom stereocenters. The average molecular weight is 413 g/mol. The molecule has 2 aliphatic rings. The number of aryl methyl sites for hydroxylation is 1. The van der Waals surface area contributed by atoms with Crippen molar-refractivity contribution in [1.29, 1.82) is 0 Å². The largest absolute Gasteiger partial charge is 0.357 e. The third-order valence-electron chi connectivity index (χ3n) is 5.55. The lowest BCUT2D eigenvalue weighted by molar-refractivity contribution is -0.119. The number of aromatic amines is 1. The Morgan fingerprint density at radius 2 is 1.89 bits per heavy atom. The molecule has 2 bridgehead atoms. The lowest BCUT2D eigenvalue weighted by atomic mass is 9.88. The van der Waals surface area contributed by atoms with Crippen LogP contribution in [0.4, 0.5) is 0 Å². The first-order valence-electron chi connectivity index (χ1n) is 8.99. The maximum atomic E-state index is 13.4. The smallest absolute Gasteiger partial charge is 0.244 e. The zero-order valence-electron chi connectivity index (χ0n) is 15.0. The first kappa shape index (κ1) is 17.7. The number of hydrogen-bond acceptors (Lipinski definition) is 3. The summed E-state index contributed by atoms with van der Waals surface area (Å²) in [7, 11) is -3.85. The third-order valence-corrected chi connectivity index (χ3v) is 7.77. The van der Waals surface area contributed by atoms with E-state index in [0.717, 1.165) is 27.7 Å². The number of carbonyl (C=O) groups excluding carboxylic acids is 1. The van der Waals surface area contributed by atoms with Gasteiger partial charge in [0.1, 0.15) is 0 Å². The summed E-state index contributed by atoms with van der Waals surface area (Å²) in [6.45, 7) is 1.90. The summed E-state index contributed by atoms with van der Waals surface area (Å²) in [5, 5.41) is 1.46. The number of rotatable bonds is 2. The van der Waals surface area contributed by atoms with Crippen molar-refractivity contribution in [2.75, 3.05) is 0 Å². The molecule has 2 aliphatic heterocycles. The standard InChI is InChI=1S/C21H17ClN2O3S/c1-12-5-7-13(8-6-12)28(26,27)24-17-9-10-19(25)18(24)11-14-20-15(22)3-2-4-16(20)23-21(14)17/h2-10,17-18,23H,11H2,1H3. The molecule has 0 aliphatic carbocycles. The minimum Gasteiger partial charge on any atom is -0.357 e. The second-order valence-corrected chi connectivity index (χ2v) is 9.50. The van der Waals surface area contributed by atoms with Gasteiger partial charge in [-0.2, -0.15) is 4.31 Å².